The minimum atomic E-state index is -1.48. The fourth-order valence-corrected chi connectivity index (χ4v) is 0.729. The van der Waals surface area contributed by atoms with Gasteiger partial charge in [0.15, 0.2) is 11.4 Å². The molecular weight excluding hydrogens is 144 g/mol. The second kappa shape index (κ2) is 2.51. The lowest BCUT2D eigenvalue weighted by Gasteiger charge is -2.15. The molecule has 60 valence electrons. The molecule has 1 unspecified atom stereocenters. The minimum Gasteiger partial charge on any atom is -0.466 e. The Kier molecular flexibility index (Phi) is 1.83. The molecule has 0 aliphatic rings. The Bertz CT molecular complexity index is 246. The van der Waals surface area contributed by atoms with Gasteiger partial charge in [-0.2, -0.15) is 0 Å². The van der Waals surface area contributed by atoms with Crippen molar-refractivity contribution in [1.29, 1.82) is 0 Å². The van der Waals surface area contributed by atoms with Gasteiger partial charge in [-0.3, -0.25) is 4.79 Å². The lowest BCUT2D eigenvalue weighted by Crippen LogP contribution is -2.29. The normalized spacial score (nSPS) is 15.9. The molecule has 1 rings (SSSR count). The van der Waals surface area contributed by atoms with E-state index in [0.717, 1.165) is 0 Å². The summed E-state index contributed by atoms with van der Waals surface area (Å²) in [5.41, 5.74) is -1.48. The molecule has 3 heteroatoms. The van der Waals surface area contributed by atoms with Crippen LogP contribution in [0.5, 0.6) is 0 Å². The Morgan fingerprint density at radius 1 is 1.73 bits per heavy atom. The second-order valence-corrected chi connectivity index (χ2v) is 2.61. The molecule has 0 bridgehead atoms. The molecule has 1 atom stereocenters. The van der Waals surface area contributed by atoms with Crippen LogP contribution in [0.4, 0.5) is 0 Å². The first kappa shape index (κ1) is 8.01. The number of hydrogen-bond acceptors (Lipinski definition) is 3. The van der Waals surface area contributed by atoms with Crippen molar-refractivity contribution >= 4 is 5.78 Å². The van der Waals surface area contributed by atoms with Gasteiger partial charge in [-0.05, 0) is 26.0 Å². The molecule has 1 heterocycles. The van der Waals surface area contributed by atoms with E-state index in [1.54, 1.807) is 12.1 Å². The lowest BCUT2D eigenvalue weighted by molar-refractivity contribution is -0.135. The van der Waals surface area contributed by atoms with Crippen molar-refractivity contribution in [3.63, 3.8) is 0 Å². The molecule has 0 fully saturated rings. The van der Waals surface area contributed by atoms with Crippen LogP contribution in [0.15, 0.2) is 22.8 Å². The third kappa shape index (κ3) is 1.33. The third-order valence-electron chi connectivity index (χ3n) is 1.69. The van der Waals surface area contributed by atoms with Gasteiger partial charge in [-0.1, -0.05) is 0 Å². The van der Waals surface area contributed by atoms with E-state index in [2.05, 4.69) is 0 Å². The number of furan rings is 1. The Labute approximate surface area is 64.6 Å². The molecule has 0 aromatic carbocycles. The molecule has 11 heavy (non-hydrogen) atoms. The van der Waals surface area contributed by atoms with E-state index in [9.17, 15) is 9.90 Å². The molecule has 0 spiro atoms. The number of Topliss-reactive ketones (excluding diaryl/α,β-unsaturated/α-hetero) is 1. The highest BCUT2D eigenvalue weighted by atomic mass is 16.4. The van der Waals surface area contributed by atoms with Crippen LogP contribution in [-0.4, -0.2) is 10.9 Å². The molecule has 0 aliphatic heterocycles. The minimum absolute atomic E-state index is 0.282. The fourth-order valence-electron chi connectivity index (χ4n) is 0.729. The maximum Gasteiger partial charge on any atom is 0.177 e. The monoisotopic (exact) mass is 154 g/mol. The van der Waals surface area contributed by atoms with Gasteiger partial charge in [-0.25, -0.2) is 0 Å². The van der Waals surface area contributed by atoms with E-state index < -0.39 is 5.60 Å². The van der Waals surface area contributed by atoms with E-state index in [1.165, 1.54) is 20.1 Å². The Hall–Kier alpha value is -1.09. The molecule has 0 radical (unpaired) electrons. The fraction of sp³-hybridized carbons (Fsp3) is 0.375. The molecule has 0 saturated heterocycles. The van der Waals surface area contributed by atoms with Crippen molar-refractivity contribution < 1.29 is 14.3 Å². The van der Waals surface area contributed by atoms with Gasteiger partial charge < -0.3 is 9.52 Å². The summed E-state index contributed by atoms with van der Waals surface area (Å²) >= 11 is 0. The van der Waals surface area contributed by atoms with E-state index >= 15 is 0 Å². The second-order valence-electron chi connectivity index (χ2n) is 2.61. The number of ketones is 1. The van der Waals surface area contributed by atoms with E-state index in [0.29, 0.717) is 0 Å². The molecule has 1 N–H and O–H groups in total. The molecule has 1 aromatic heterocycles. The predicted molar refractivity (Wildman–Crippen MR) is 39.0 cm³/mol. The maximum absolute atomic E-state index is 10.9. The zero-order valence-corrected chi connectivity index (χ0v) is 6.50. The van der Waals surface area contributed by atoms with Crippen molar-refractivity contribution in [3.05, 3.63) is 24.2 Å². The van der Waals surface area contributed by atoms with Gasteiger partial charge in [0.2, 0.25) is 0 Å². The van der Waals surface area contributed by atoms with Gasteiger partial charge in [0, 0.05) is 0 Å². The summed E-state index contributed by atoms with van der Waals surface area (Å²) in [6.45, 7) is 2.73. The van der Waals surface area contributed by atoms with Crippen LogP contribution < -0.4 is 0 Å². The Balaban J connectivity index is 3.00. The molecule has 1 aromatic rings. The van der Waals surface area contributed by atoms with Crippen molar-refractivity contribution in [1.82, 2.24) is 0 Å². The van der Waals surface area contributed by atoms with Crippen LogP contribution in [0.2, 0.25) is 0 Å². The van der Waals surface area contributed by atoms with Crippen LogP contribution in [0.3, 0.4) is 0 Å². The quantitative estimate of drug-likeness (QED) is 0.693. The van der Waals surface area contributed by atoms with Crippen molar-refractivity contribution in [3.8, 4) is 0 Å². The van der Waals surface area contributed by atoms with E-state index in [-0.39, 0.29) is 11.5 Å². The van der Waals surface area contributed by atoms with Crippen LogP contribution in [0.1, 0.15) is 19.6 Å². The van der Waals surface area contributed by atoms with Gasteiger partial charge in [0.05, 0.1) is 6.26 Å². The number of rotatable bonds is 2. The highest BCUT2D eigenvalue weighted by Gasteiger charge is 2.31. The first-order valence-electron chi connectivity index (χ1n) is 3.32. The van der Waals surface area contributed by atoms with Gasteiger partial charge in [0.1, 0.15) is 5.76 Å². The number of aliphatic hydroxyl groups is 1. The molecular formula is C8H10O3. The lowest BCUT2D eigenvalue weighted by atomic mass is 9.99. The third-order valence-corrected chi connectivity index (χ3v) is 1.69. The topological polar surface area (TPSA) is 50.4 Å². The van der Waals surface area contributed by atoms with Crippen LogP contribution >= 0.6 is 0 Å². The first-order chi connectivity index (χ1) is 5.05. The summed E-state index contributed by atoms with van der Waals surface area (Å²) < 4.78 is 4.89. The van der Waals surface area contributed by atoms with Gasteiger partial charge in [0.25, 0.3) is 0 Å². The zero-order valence-electron chi connectivity index (χ0n) is 6.50. The van der Waals surface area contributed by atoms with Crippen LogP contribution in [0.25, 0.3) is 0 Å². The summed E-state index contributed by atoms with van der Waals surface area (Å²) in [7, 11) is 0. The highest BCUT2D eigenvalue weighted by Crippen LogP contribution is 2.21. The Morgan fingerprint density at radius 2 is 2.36 bits per heavy atom. The average Bonchev–Trinajstić information content (AvgIpc) is 2.37. The highest BCUT2D eigenvalue weighted by molar-refractivity contribution is 5.84. The largest absolute Gasteiger partial charge is 0.466 e. The smallest absolute Gasteiger partial charge is 0.177 e. The SMILES string of the molecule is CC(=O)C(C)(O)c1ccco1. The summed E-state index contributed by atoms with van der Waals surface area (Å²) in [4.78, 5) is 10.9. The summed E-state index contributed by atoms with van der Waals surface area (Å²) in [5.74, 6) is -0.0440. The van der Waals surface area contributed by atoms with Crippen molar-refractivity contribution in [2.45, 2.75) is 19.4 Å². The van der Waals surface area contributed by atoms with Crippen molar-refractivity contribution in [2.24, 2.45) is 0 Å². The zero-order chi connectivity index (χ0) is 8.48. The molecule has 0 amide bonds. The summed E-state index contributed by atoms with van der Waals surface area (Å²) in [6.07, 6.45) is 1.42. The molecule has 3 nitrogen and oxygen atoms in total. The standard InChI is InChI=1S/C8H10O3/c1-6(9)8(2,10)7-4-3-5-11-7/h3-5,10H,1-2H3. The van der Waals surface area contributed by atoms with Crippen LogP contribution in [-0.2, 0) is 10.4 Å². The van der Waals surface area contributed by atoms with Gasteiger partial charge >= 0.3 is 0 Å². The molecule has 0 saturated carbocycles. The number of carbonyl (C=O) groups excluding carboxylic acids is 1. The summed E-state index contributed by atoms with van der Waals surface area (Å²) in [5, 5.41) is 9.51. The summed E-state index contributed by atoms with van der Waals surface area (Å²) in [6, 6.07) is 3.20. The molecule has 0 aliphatic carbocycles. The maximum atomic E-state index is 10.9. The van der Waals surface area contributed by atoms with Crippen molar-refractivity contribution in [2.75, 3.05) is 0 Å². The van der Waals surface area contributed by atoms with E-state index in [1.807, 2.05) is 0 Å². The van der Waals surface area contributed by atoms with E-state index in [4.69, 9.17) is 4.42 Å². The Morgan fingerprint density at radius 3 is 2.73 bits per heavy atom. The number of hydrogen-bond donors (Lipinski definition) is 1. The first-order valence-corrected chi connectivity index (χ1v) is 3.32. The van der Waals surface area contributed by atoms with Gasteiger partial charge in [-0.15, -0.1) is 0 Å². The predicted octanol–water partition coefficient (Wildman–Crippen LogP) is 1.08. The average molecular weight is 154 g/mol. The van der Waals surface area contributed by atoms with Crippen LogP contribution in [0, 0.1) is 0 Å². The number of carbonyl (C=O) groups is 1.